The van der Waals surface area contributed by atoms with E-state index in [4.69, 9.17) is 4.52 Å². The van der Waals surface area contributed by atoms with E-state index in [-0.39, 0.29) is 5.91 Å². The smallest absolute Gasteiger partial charge is 0.258 e. The second kappa shape index (κ2) is 4.28. The van der Waals surface area contributed by atoms with Crippen LogP contribution in [0, 0.1) is 13.8 Å². The van der Waals surface area contributed by atoms with Crippen LogP contribution in [0.3, 0.4) is 0 Å². The van der Waals surface area contributed by atoms with Gasteiger partial charge in [0.1, 0.15) is 0 Å². The topological polar surface area (TPSA) is 70.9 Å². The molecule has 2 heterocycles. The van der Waals surface area contributed by atoms with Crippen molar-refractivity contribution in [3.05, 3.63) is 47.3 Å². The Kier molecular flexibility index (Phi) is 2.59. The number of hydrogen-bond acceptors (Lipinski definition) is 3. The quantitative estimate of drug-likeness (QED) is 0.739. The summed E-state index contributed by atoms with van der Waals surface area (Å²) < 4.78 is 5.07. The molecule has 96 valence electrons. The highest BCUT2D eigenvalue weighted by atomic mass is 16.5. The predicted octanol–water partition coefficient (Wildman–Crippen LogP) is 3.03. The third-order valence-electron chi connectivity index (χ3n) is 3.20. The van der Waals surface area contributed by atoms with Gasteiger partial charge in [0.15, 0.2) is 0 Å². The average Bonchev–Trinajstić information content (AvgIpc) is 2.99. The number of aryl methyl sites for hydroxylation is 1. The minimum atomic E-state index is -0.212. The highest BCUT2D eigenvalue weighted by molar-refractivity contribution is 6.05. The first kappa shape index (κ1) is 11.5. The van der Waals surface area contributed by atoms with Crippen LogP contribution in [0.5, 0.6) is 0 Å². The Hall–Kier alpha value is -2.56. The Balaban J connectivity index is 1.89. The van der Waals surface area contributed by atoms with Crippen molar-refractivity contribution in [3.8, 4) is 0 Å². The third-order valence-corrected chi connectivity index (χ3v) is 3.20. The van der Waals surface area contributed by atoms with Crippen LogP contribution in [0.2, 0.25) is 0 Å². The zero-order valence-electron chi connectivity index (χ0n) is 10.7. The van der Waals surface area contributed by atoms with Crippen LogP contribution in [0.4, 0.5) is 5.88 Å². The van der Waals surface area contributed by atoms with Gasteiger partial charge in [-0.15, -0.1) is 0 Å². The summed E-state index contributed by atoms with van der Waals surface area (Å²) >= 11 is 0. The van der Waals surface area contributed by atoms with Gasteiger partial charge in [0, 0.05) is 22.8 Å². The number of benzene rings is 1. The SMILES string of the molecule is Cc1noc(NC(=O)c2ccc3cc[nH]c3c2)c1C. The number of hydrogen-bond donors (Lipinski definition) is 2. The molecule has 0 spiro atoms. The number of anilines is 1. The summed E-state index contributed by atoms with van der Waals surface area (Å²) in [6, 6.07) is 7.45. The van der Waals surface area contributed by atoms with Gasteiger partial charge in [-0.05, 0) is 37.4 Å². The maximum absolute atomic E-state index is 12.1. The summed E-state index contributed by atoms with van der Waals surface area (Å²) in [7, 11) is 0. The van der Waals surface area contributed by atoms with Crippen molar-refractivity contribution in [3.63, 3.8) is 0 Å². The van der Waals surface area contributed by atoms with Gasteiger partial charge in [0.2, 0.25) is 5.88 Å². The molecule has 2 aromatic heterocycles. The standard InChI is InChI=1S/C14H13N3O2/c1-8-9(2)17-19-14(8)16-13(18)11-4-3-10-5-6-15-12(10)7-11/h3-7,15H,1-2H3,(H,16,18). The summed E-state index contributed by atoms with van der Waals surface area (Å²) in [6.45, 7) is 3.69. The van der Waals surface area contributed by atoms with Gasteiger partial charge in [0.25, 0.3) is 5.91 Å². The zero-order chi connectivity index (χ0) is 13.4. The van der Waals surface area contributed by atoms with Crippen LogP contribution in [-0.2, 0) is 0 Å². The molecule has 2 N–H and O–H groups in total. The van der Waals surface area contributed by atoms with Crippen LogP contribution in [0.15, 0.2) is 35.0 Å². The number of amides is 1. The van der Waals surface area contributed by atoms with Crippen molar-refractivity contribution in [1.29, 1.82) is 0 Å². The van der Waals surface area contributed by atoms with E-state index in [1.807, 2.05) is 38.2 Å². The predicted molar refractivity (Wildman–Crippen MR) is 72.2 cm³/mol. The first-order valence-corrected chi connectivity index (χ1v) is 5.96. The lowest BCUT2D eigenvalue weighted by molar-refractivity contribution is 0.102. The summed E-state index contributed by atoms with van der Waals surface area (Å²) in [5.74, 6) is 0.185. The van der Waals surface area contributed by atoms with Gasteiger partial charge in [-0.1, -0.05) is 11.2 Å². The number of carbonyl (C=O) groups excluding carboxylic acids is 1. The second-order valence-corrected chi connectivity index (χ2v) is 4.46. The van der Waals surface area contributed by atoms with E-state index in [1.165, 1.54) is 0 Å². The Bertz CT molecular complexity index is 755. The summed E-state index contributed by atoms with van der Waals surface area (Å²) in [5, 5.41) is 7.60. The van der Waals surface area contributed by atoms with Gasteiger partial charge in [-0.3, -0.25) is 10.1 Å². The molecular weight excluding hydrogens is 242 g/mol. The first-order valence-electron chi connectivity index (χ1n) is 5.96. The molecule has 3 aromatic rings. The highest BCUT2D eigenvalue weighted by Crippen LogP contribution is 2.19. The highest BCUT2D eigenvalue weighted by Gasteiger charge is 2.13. The molecule has 3 rings (SSSR count). The van der Waals surface area contributed by atoms with Crippen molar-refractivity contribution in [2.45, 2.75) is 13.8 Å². The van der Waals surface area contributed by atoms with Crippen LogP contribution in [-0.4, -0.2) is 16.0 Å². The fourth-order valence-corrected chi connectivity index (χ4v) is 1.90. The van der Waals surface area contributed by atoms with E-state index in [9.17, 15) is 4.79 Å². The lowest BCUT2D eigenvalue weighted by Crippen LogP contribution is -2.11. The lowest BCUT2D eigenvalue weighted by Gasteiger charge is -2.02. The van der Waals surface area contributed by atoms with Crippen LogP contribution in [0.1, 0.15) is 21.6 Å². The maximum atomic E-state index is 12.1. The Labute approximate surface area is 109 Å². The van der Waals surface area contributed by atoms with E-state index in [0.29, 0.717) is 11.4 Å². The van der Waals surface area contributed by atoms with Gasteiger partial charge in [0.05, 0.1) is 5.69 Å². The normalized spacial score (nSPS) is 10.8. The number of carbonyl (C=O) groups is 1. The Morgan fingerprint density at radius 3 is 2.89 bits per heavy atom. The van der Waals surface area contributed by atoms with E-state index < -0.39 is 0 Å². The molecule has 5 nitrogen and oxygen atoms in total. The number of nitrogens with zero attached hydrogens (tertiary/aromatic N) is 1. The van der Waals surface area contributed by atoms with Gasteiger partial charge in [-0.25, -0.2) is 0 Å². The van der Waals surface area contributed by atoms with Crippen molar-refractivity contribution in [2.24, 2.45) is 0 Å². The molecule has 0 bridgehead atoms. The van der Waals surface area contributed by atoms with Gasteiger partial charge in [-0.2, -0.15) is 0 Å². The van der Waals surface area contributed by atoms with Crippen LogP contribution >= 0.6 is 0 Å². The summed E-state index contributed by atoms with van der Waals surface area (Å²) in [5.41, 5.74) is 3.12. The molecule has 0 unspecified atom stereocenters. The van der Waals surface area contributed by atoms with E-state index >= 15 is 0 Å². The molecule has 0 saturated heterocycles. The summed E-state index contributed by atoms with van der Waals surface area (Å²) in [6.07, 6.45) is 1.84. The molecule has 0 atom stereocenters. The Morgan fingerprint density at radius 2 is 2.16 bits per heavy atom. The molecule has 1 aromatic carbocycles. The van der Waals surface area contributed by atoms with Crippen molar-refractivity contribution in [2.75, 3.05) is 5.32 Å². The maximum Gasteiger partial charge on any atom is 0.258 e. The molecule has 0 aliphatic heterocycles. The van der Waals surface area contributed by atoms with E-state index in [0.717, 1.165) is 22.2 Å². The number of nitrogens with one attached hydrogen (secondary N) is 2. The minimum Gasteiger partial charge on any atom is -0.361 e. The molecule has 0 aliphatic rings. The molecular formula is C14H13N3O2. The monoisotopic (exact) mass is 255 g/mol. The summed E-state index contributed by atoms with van der Waals surface area (Å²) in [4.78, 5) is 15.2. The molecule has 0 aliphatic carbocycles. The second-order valence-electron chi connectivity index (χ2n) is 4.46. The number of rotatable bonds is 2. The number of aromatic amines is 1. The number of fused-ring (bicyclic) bond motifs is 1. The van der Waals surface area contributed by atoms with Crippen LogP contribution < -0.4 is 5.32 Å². The van der Waals surface area contributed by atoms with Crippen molar-refractivity contribution in [1.82, 2.24) is 10.1 Å². The van der Waals surface area contributed by atoms with Gasteiger partial charge >= 0.3 is 0 Å². The van der Waals surface area contributed by atoms with E-state index in [2.05, 4.69) is 15.5 Å². The number of H-pyrrole nitrogens is 1. The molecule has 0 radical (unpaired) electrons. The van der Waals surface area contributed by atoms with E-state index in [1.54, 1.807) is 6.07 Å². The third kappa shape index (κ3) is 1.99. The first-order chi connectivity index (χ1) is 9.15. The molecule has 19 heavy (non-hydrogen) atoms. The fraction of sp³-hybridized carbons (Fsp3) is 0.143. The van der Waals surface area contributed by atoms with Crippen LogP contribution in [0.25, 0.3) is 10.9 Å². The zero-order valence-corrected chi connectivity index (χ0v) is 10.7. The molecule has 0 saturated carbocycles. The average molecular weight is 255 g/mol. The fourth-order valence-electron chi connectivity index (χ4n) is 1.90. The largest absolute Gasteiger partial charge is 0.361 e. The molecule has 1 amide bonds. The lowest BCUT2D eigenvalue weighted by atomic mass is 10.1. The van der Waals surface area contributed by atoms with Crippen molar-refractivity contribution >= 4 is 22.7 Å². The van der Waals surface area contributed by atoms with Crippen molar-refractivity contribution < 1.29 is 9.32 Å². The molecule has 5 heteroatoms. The minimum absolute atomic E-state index is 0.212. The van der Waals surface area contributed by atoms with Gasteiger partial charge < -0.3 is 9.51 Å². The number of aromatic nitrogens is 2. The Morgan fingerprint density at radius 1 is 1.32 bits per heavy atom. The molecule has 0 fully saturated rings.